The second-order valence-corrected chi connectivity index (χ2v) is 9.54. The summed E-state index contributed by atoms with van der Waals surface area (Å²) in [5, 5.41) is 9.35. The van der Waals surface area contributed by atoms with Crippen molar-refractivity contribution in [3.05, 3.63) is 64.3 Å². The van der Waals surface area contributed by atoms with Gasteiger partial charge in [-0.2, -0.15) is 13.2 Å². The molecular formula is C24H26ClF3N6. The van der Waals surface area contributed by atoms with Gasteiger partial charge in [0.25, 0.3) is 0 Å². The number of anilines is 1. The molecule has 4 heterocycles. The molecule has 0 amide bonds. The van der Waals surface area contributed by atoms with Crippen molar-refractivity contribution in [1.29, 1.82) is 0 Å². The molecule has 5 rings (SSSR count). The minimum Gasteiger partial charge on any atom is -0.357 e. The van der Waals surface area contributed by atoms with Gasteiger partial charge in [-0.15, -0.1) is 10.2 Å². The number of hydrogen-bond acceptors (Lipinski definition) is 5. The van der Waals surface area contributed by atoms with E-state index in [9.17, 15) is 13.2 Å². The quantitative estimate of drug-likeness (QED) is 0.500. The summed E-state index contributed by atoms with van der Waals surface area (Å²) in [4.78, 5) is 8.29. The van der Waals surface area contributed by atoms with Crippen LogP contribution in [0.4, 0.5) is 19.0 Å². The van der Waals surface area contributed by atoms with Gasteiger partial charge in [0.1, 0.15) is 17.7 Å². The van der Waals surface area contributed by atoms with Crippen LogP contribution >= 0.6 is 11.6 Å². The Balaban J connectivity index is 1.46. The Morgan fingerprint density at radius 3 is 2.53 bits per heavy atom. The zero-order chi connectivity index (χ0) is 24.0. The Hall–Kier alpha value is -2.65. The van der Waals surface area contributed by atoms with Crippen LogP contribution < -0.4 is 4.90 Å². The van der Waals surface area contributed by atoms with Gasteiger partial charge in [0, 0.05) is 36.3 Å². The van der Waals surface area contributed by atoms with Crippen molar-refractivity contribution in [2.24, 2.45) is 0 Å². The predicted molar refractivity (Wildman–Crippen MR) is 124 cm³/mol. The van der Waals surface area contributed by atoms with Gasteiger partial charge in [-0.25, -0.2) is 4.98 Å². The maximum absolute atomic E-state index is 13.6. The third kappa shape index (κ3) is 4.38. The Bertz CT molecular complexity index is 1190. The molecule has 1 aromatic carbocycles. The third-order valence-electron chi connectivity index (χ3n) is 6.83. The number of piperidine rings is 1. The molecule has 1 atom stereocenters. The summed E-state index contributed by atoms with van der Waals surface area (Å²) in [7, 11) is 0. The highest BCUT2D eigenvalue weighted by Crippen LogP contribution is 2.36. The van der Waals surface area contributed by atoms with Gasteiger partial charge >= 0.3 is 6.18 Å². The van der Waals surface area contributed by atoms with E-state index >= 15 is 0 Å². The molecule has 0 bridgehead atoms. The van der Waals surface area contributed by atoms with Gasteiger partial charge in [-0.05, 0) is 62.6 Å². The summed E-state index contributed by atoms with van der Waals surface area (Å²) in [5.41, 5.74) is 2.53. The molecule has 1 unspecified atom stereocenters. The highest BCUT2D eigenvalue weighted by atomic mass is 35.5. The monoisotopic (exact) mass is 490 g/mol. The lowest BCUT2D eigenvalue weighted by Gasteiger charge is -2.32. The molecule has 2 aliphatic rings. The van der Waals surface area contributed by atoms with E-state index in [2.05, 4.69) is 20.1 Å². The summed E-state index contributed by atoms with van der Waals surface area (Å²) in [6.07, 6.45) is -2.62. The SMILES string of the molecule is Cc1cccc(N2CCC(c3nnc4n3-c3ccc(Cl)cc3CN(C(C)C(F)(F)F)C4)CC2)n1. The molecule has 10 heteroatoms. The van der Waals surface area contributed by atoms with Gasteiger partial charge in [0.05, 0.1) is 12.2 Å². The molecule has 180 valence electrons. The molecule has 0 N–H and O–H groups in total. The first-order valence-electron chi connectivity index (χ1n) is 11.4. The summed E-state index contributed by atoms with van der Waals surface area (Å²) in [6.45, 7) is 5.02. The first-order valence-corrected chi connectivity index (χ1v) is 11.8. The van der Waals surface area contributed by atoms with Crippen LogP contribution in [0, 0.1) is 6.92 Å². The van der Waals surface area contributed by atoms with Crippen molar-refractivity contribution >= 4 is 17.4 Å². The van der Waals surface area contributed by atoms with Crippen molar-refractivity contribution in [3.8, 4) is 5.69 Å². The van der Waals surface area contributed by atoms with Crippen molar-refractivity contribution in [3.63, 3.8) is 0 Å². The maximum Gasteiger partial charge on any atom is 0.403 e. The van der Waals surface area contributed by atoms with Crippen LogP contribution in [0.5, 0.6) is 0 Å². The molecule has 0 radical (unpaired) electrons. The normalized spacial score (nSPS) is 18.4. The molecule has 6 nitrogen and oxygen atoms in total. The number of nitrogens with zero attached hydrogens (tertiary/aromatic N) is 6. The standard InChI is InChI=1S/C24H26ClF3N6/c1-15-4-3-5-21(29-15)32-10-8-17(9-11-32)23-31-30-22-14-33(16(2)24(26,27)28)13-18-12-19(25)6-7-20(18)34(22)23/h3-7,12,16-17H,8-11,13-14H2,1-2H3. The van der Waals surface area contributed by atoms with Gasteiger partial charge in [-0.1, -0.05) is 17.7 Å². The summed E-state index contributed by atoms with van der Waals surface area (Å²) in [6, 6.07) is 9.78. The van der Waals surface area contributed by atoms with Gasteiger partial charge < -0.3 is 4.90 Å². The van der Waals surface area contributed by atoms with E-state index in [1.165, 1.54) is 11.8 Å². The molecule has 34 heavy (non-hydrogen) atoms. The lowest BCUT2D eigenvalue weighted by Crippen LogP contribution is -2.42. The Morgan fingerprint density at radius 1 is 1.06 bits per heavy atom. The van der Waals surface area contributed by atoms with E-state index < -0.39 is 12.2 Å². The van der Waals surface area contributed by atoms with Crippen LogP contribution in [0.3, 0.4) is 0 Å². The fourth-order valence-corrected chi connectivity index (χ4v) is 5.06. The second kappa shape index (κ2) is 8.85. The number of fused-ring (bicyclic) bond motifs is 3. The predicted octanol–water partition coefficient (Wildman–Crippen LogP) is 5.27. The number of halogens is 4. The molecule has 3 aromatic rings. The van der Waals surface area contributed by atoms with Crippen molar-refractivity contribution in [1.82, 2.24) is 24.6 Å². The summed E-state index contributed by atoms with van der Waals surface area (Å²) in [5.74, 6) is 2.44. The lowest BCUT2D eigenvalue weighted by atomic mass is 9.95. The van der Waals surface area contributed by atoms with E-state index in [0.29, 0.717) is 10.8 Å². The number of alkyl halides is 3. The van der Waals surface area contributed by atoms with E-state index in [0.717, 1.165) is 54.5 Å². The van der Waals surface area contributed by atoms with Crippen LogP contribution in [-0.4, -0.2) is 50.0 Å². The minimum atomic E-state index is -4.34. The van der Waals surface area contributed by atoms with E-state index in [-0.39, 0.29) is 19.0 Å². The van der Waals surface area contributed by atoms with E-state index in [4.69, 9.17) is 11.6 Å². The maximum atomic E-state index is 13.6. The Labute approximate surface area is 201 Å². The smallest absolute Gasteiger partial charge is 0.357 e. The van der Waals surface area contributed by atoms with Gasteiger partial charge in [0.2, 0.25) is 0 Å². The Kier molecular flexibility index (Phi) is 6.02. The lowest BCUT2D eigenvalue weighted by molar-refractivity contribution is -0.182. The Morgan fingerprint density at radius 2 is 1.82 bits per heavy atom. The van der Waals surface area contributed by atoms with Crippen LogP contribution in [0.25, 0.3) is 5.69 Å². The van der Waals surface area contributed by atoms with Crippen LogP contribution in [0.15, 0.2) is 36.4 Å². The number of benzene rings is 1. The molecule has 0 aliphatic carbocycles. The first-order chi connectivity index (χ1) is 16.2. The third-order valence-corrected chi connectivity index (χ3v) is 7.07. The highest BCUT2D eigenvalue weighted by Gasteiger charge is 2.42. The van der Waals surface area contributed by atoms with Crippen LogP contribution in [-0.2, 0) is 13.1 Å². The molecule has 0 saturated carbocycles. The number of hydrogen-bond donors (Lipinski definition) is 0. The van der Waals surface area contributed by atoms with Crippen molar-refractivity contribution in [2.45, 2.75) is 57.9 Å². The number of rotatable bonds is 3. The zero-order valence-electron chi connectivity index (χ0n) is 19.1. The molecule has 0 spiro atoms. The average Bonchev–Trinajstić information content (AvgIpc) is 3.14. The number of aromatic nitrogens is 4. The van der Waals surface area contributed by atoms with E-state index in [1.807, 2.05) is 35.8 Å². The van der Waals surface area contributed by atoms with Gasteiger partial charge in [0.15, 0.2) is 5.82 Å². The number of aryl methyl sites for hydroxylation is 1. The van der Waals surface area contributed by atoms with Crippen LogP contribution in [0.2, 0.25) is 5.02 Å². The summed E-state index contributed by atoms with van der Waals surface area (Å²) < 4.78 is 42.7. The highest BCUT2D eigenvalue weighted by molar-refractivity contribution is 6.30. The summed E-state index contributed by atoms with van der Waals surface area (Å²) >= 11 is 6.23. The zero-order valence-corrected chi connectivity index (χ0v) is 19.8. The largest absolute Gasteiger partial charge is 0.403 e. The van der Waals surface area contributed by atoms with Crippen molar-refractivity contribution in [2.75, 3.05) is 18.0 Å². The van der Waals surface area contributed by atoms with Gasteiger partial charge in [-0.3, -0.25) is 9.47 Å². The fraction of sp³-hybridized carbons (Fsp3) is 0.458. The molecule has 1 saturated heterocycles. The number of pyridine rings is 1. The average molecular weight is 491 g/mol. The first kappa shape index (κ1) is 23.1. The molecule has 2 aromatic heterocycles. The molecule has 2 aliphatic heterocycles. The minimum absolute atomic E-state index is 0.0615. The van der Waals surface area contributed by atoms with Crippen LogP contribution in [0.1, 0.15) is 48.6 Å². The molecular weight excluding hydrogens is 465 g/mol. The van der Waals surface area contributed by atoms with E-state index in [1.54, 1.807) is 12.1 Å². The van der Waals surface area contributed by atoms with Crippen molar-refractivity contribution < 1.29 is 13.2 Å². The fourth-order valence-electron chi connectivity index (χ4n) is 4.87. The topological polar surface area (TPSA) is 50.1 Å². The second-order valence-electron chi connectivity index (χ2n) is 9.10. The molecule has 1 fully saturated rings.